The number of piperazine rings is 1. The van der Waals surface area contributed by atoms with E-state index in [9.17, 15) is 4.39 Å². The van der Waals surface area contributed by atoms with Gasteiger partial charge in [0.1, 0.15) is 11.6 Å². The molecule has 1 N–H and O–H groups in total. The average Bonchev–Trinajstić information content (AvgIpc) is 2.46. The van der Waals surface area contributed by atoms with Gasteiger partial charge < -0.3 is 10.1 Å². The molecule has 2 rings (SSSR count). The molecule has 0 radical (unpaired) electrons. The van der Waals surface area contributed by atoms with Crippen molar-refractivity contribution in [2.75, 3.05) is 33.3 Å². The van der Waals surface area contributed by atoms with Crippen LogP contribution in [0.3, 0.4) is 0 Å². The Labute approximate surface area is 137 Å². The molecule has 1 heterocycles. The molecule has 1 saturated heterocycles. The summed E-state index contributed by atoms with van der Waals surface area (Å²) in [5.74, 6) is 0.205. The minimum atomic E-state index is -0.307. The van der Waals surface area contributed by atoms with E-state index in [1.165, 1.54) is 13.2 Å². The van der Waals surface area contributed by atoms with E-state index >= 15 is 0 Å². The van der Waals surface area contributed by atoms with Crippen LogP contribution in [0, 0.1) is 17.1 Å². The second-order valence-electron chi connectivity index (χ2n) is 4.52. The van der Waals surface area contributed by atoms with E-state index in [1.807, 2.05) is 0 Å². The molecule has 0 saturated carbocycles. The SMILES string of the molecule is COc1cccc(F)c1[C@H](CC#N)N1CCNCC1.Cl.Cl. The minimum absolute atomic E-state index is 0. The summed E-state index contributed by atoms with van der Waals surface area (Å²) in [5, 5.41) is 12.3. The fraction of sp³-hybridized carbons (Fsp3) is 0.500. The first kappa shape index (κ1) is 19.9. The van der Waals surface area contributed by atoms with Gasteiger partial charge in [0.25, 0.3) is 0 Å². The Hall–Kier alpha value is -1.06. The second-order valence-corrected chi connectivity index (χ2v) is 4.52. The lowest BCUT2D eigenvalue weighted by Gasteiger charge is -2.34. The van der Waals surface area contributed by atoms with Crippen LogP contribution in [0.25, 0.3) is 0 Å². The van der Waals surface area contributed by atoms with Crippen molar-refractivity contribution in [3.63, 3.8) is 0 Å². The van der Waals surface area contributed by atoms with Crippen LogP contribution in [0.4, 0.5) is 4.39 Å². The molecule has 4 nitrogen and oxygen atoms in total. The lowest BCUT2D eigenvalue weighted by atomic mass is 10.00. The summed E-state index contributed by atoms with van der Waals surface area (Å²) in [6.45, 7) is 3.34. The number of nitrogens with zero attached hydrogens (tertiary/aromatic N) is 2. The van der Waals surface area contributed by atoms with Gasteiger partial charge in [-0.25, -0.2) is 4.39 Å². The fourth-order valence-corrected chi connectivity index (χ4v) is 2.51. The number of ether oxygens (including phenoxy) is 1. The Morgan fingerprint density at radius 3 is 2.62 bits per heavy atom. The zero-order valence-corrected chi connectivity index (χ0v) is 13.5. The smallest absolute Gasteiger partial charge is 0.131 e. The summed E-state index contributed by atoms with van der Waals surface area (Å²) in [6, 6.07) is 6.70. The molecule has 0 aliphatic carbocycles. The van der Waals surface area contributed by atoms with Gasteiger partial charge >= 0.3 is 0 Å². The quantitative estimate of drug-likeness (QED) is 0.918. The number of nitrogens with one attached hydrogen (secondary N) is 1. The van der Waals surface area contributed by atoms with Crippen LogP contribution in [0.1, 0.15) is 18.0 Å². The van der Waals surface area contributed by atoms with E-state index in [-0.39, 0.29) is 43.1 Å². The third kappa shape index (κ3) is 4.72. The normalized spacial score (nSPS) is 16.0. The molecule has 1 fully saturated rings. The maximum absolute atomic E-state index is 14.1. The van der Waals surface area contributed by atoms with Crippen LogP contribution in [0.15, 0.2) is 18.2 Å². The third-order valence-corrected chi connectivity index (χ3v) is 3.44. The molecule has 0 amide bonds. The van der Waals surface area contributed by atoms with Crippen molar-refractivity contribution in [1.29, 1.82) is 5.26 Å². The Morgan fingerprint density at radius 2 is 2.05 bits per heavy atom. The molecule has 118 valence electrons. The highest BCUT2D eigenvalue weighted by Crippen LogP contribution is 2.33. The van der Waals surface area contributed by atoms with Crippen molar-refractivity contribution in [2.24, 2.45) is 0 Å². The largest absolute Gasteiger partial charge is 0.496 e. The van der Waals surface area contributed by atoms with Crippen molar-refractivity contribution in [2.45, 2.75) is 12.5 Å². The Morgan fingerprint density at radius 1 is 1.38 bits per heavy atom. The highest BCUT2D eigenvalue weighted by molar-refractivity contribution is 5.85. The topological polar surface area (TPSA) is 48.3 Å². The van der Waals surface area contributed by atoms with Crippen molar-refractivity contribution < 1.29 is 9.13 Å². The Kier molecular flexibility index (Phi) is 9.31. The van der Waals surface area contributed by atoms with Crippen LogP contribution < -0.4 is 10.1 Å². The minimum Gasteiger partial charge on any atom is -0.496 e. The zero-order chi connectivity index (χ0) is 13.7. The first-order valence-electron chi connectivity index (χ1n) is 6.42. The Bertz CT molecular complexity index is 476. The molecule has 1 aromatic rings. The maximum Gasteiger partial charge on any atom is 0.131 e. The van der Waals surface area contributed by atoms with E-state index in [2.05, 4.69) is 16.3 Å². The molecule has 1 aliphatic rings. The van der Waals surface area contributed by atoms with Gasteiger partial charge in [-0.05, 0) is 12.1 Å². The molecular weight excluding hydrogens is 316 g/mol. The molecule has 1 aromatic carbocycles. The van der Waals surface area contributed by atoms with Crippen LogP contribution >= 0.6 is 24.8 Å². The van der Waals surface area contributed by atoms with Gasteiger partial charge in [0, 0.05) is 31.7 Å². The van der Waals surface area contributed by atoms with E-state index in [0.717, 1.165) is 26.2 Å². The number of methoxy groups -OCH3 is 1. The molecule has 0 spiro atoms. The second kappa shape index (κ2) is 9.80. The van der Waals surface area contributed by atoms with Crippen LogP contribution in [0.5, 0.6) is 5.75 Å². The monoisotopic (exact) mass is 335 g/mol. The maximum atomic E-state index is 14.1. The van der Waals surface area contributed by atoms with E-state index in [1.54, 1.807) is 12.1 Å². The lowest BCUT2D eigenvalue weighted by molar-refractivity contribution is 0.169. The summed E-state index contributed by atoms with van der Waals surface area (Å²) in [4.78, 5) is 2.14. The van der Waals surface area contributed by atoms with Gasteiger partial charge in [0.15, 0.2) is 0 Å². The number of halogens is 3. The molecule has 7 heteroatoms. The van der Waals surface area contributed by atoms with Crippen molar-refractivity contribution in [1.82, 2.24) is 10.2 Å². The summed E-state index contributed by atoms with van der Waals surface area (Å²) in [6.07, 6.45) is 0.261. The van der Waals surface area contributed by atoms with Crippen LogP contribution in [0.2, 0.25) is 0 Å². The molecule has 21 heavy (non-hydrogen) atoms. The van der Waals surface area contributed by atoms with Gasteiger partial charge in [-0.15, -0.1) is 24.8 Å². The molecule has 0 bridgehead atoms. The average molecular weight is 336 g/mol. The van der Waals surface area contributed by atoms with Crippen molar-refractivity contribution >= 4 is 24.8 Å². The first-order chi connectivity index (χ1) is 9.27. The summed E-state index contributed by atoms with van der Waals surface area (Å²) >= 11 is 0. The van der Waals surface area contributed by atoms with Crippen LogP contribution in [-0.4, -0.2) is 38.2 Å². The third-order valence-electron chi connectivity index (χ3n) is 3.44. The fourth-order valence-electron chi connectivity index (χ4n) is 2.51. The highest BCUT2D eigenvalue weighted by Gasteiger charge is 2.27. The Balaban J connectivity index is 0.00000200. The van der Waals surface area contributed by atoms with Gasteiger partial charge in [0.05, 0.1) is 25.6 Å². The molecular formula is C14H20Cl2FN3O. The van der Waals surface area contributed by atoms with Gasteiger partial charge in [-0.2, -0.15) is 5.26 Å². The number of hydrogen-bond acceptors (Lipinski definition) is 4. The van der Waals surface area contributed by atoms with Crippen molar-refractivity contribution in [3.8, 4) is 11.8 Å². The number of nitriles is 1. The number of benzene rings is 1. The lowest BCUT2D eigenvalue weighted by Crippen LogP contribution is -2.45. The standard InChI is InChI=1S/C14H18FN3O.2ClH/c1-19-13-4-2-3-11(15)14(13)12(5-6-16)18-9-7-17-8-10-18;;/h2-4,12,17H,5,7-10H2,1H3;2*1H/t12-;;/m0../s1. The van der Waals surface area contributed by atoms with E-state index in [0.29, 0.717) is 11.3 Å². The first-order valence-corrected chi connectivity index (χ1v) is 6.42. The summed E-state index contributed by atoms with van der Waals surface area (Å²) < 4.78 is 19.4. The molecule has 0 unspecified atom stereocenters. The predicted molar refractivity (Wildman–Crippen MR) is 84.9 cm³/mol. The summed E-state index contributed by atoms with van der Waals surface area (Å²) in [5.41, 5.74) is 0.494. The predicted octanol–water partition coefficient (Wildman–Crippen LogP) is 2.54. The highest BCUT2D eigenvalue weighted by atomic mass is 35.5. The zero-order valence-electron chi connectivity index (χ0n) is 11.8. The number of rotatable bonds is 4. The summed E-state index contributed by atoms with van der Waals surface area (Å²) in [7, 11) is 1.53. The van der Waals surface area contributed by atoms with Gasteiger partial charge in [-0.3, -0.25) is 4.90 Å². The molecule has 1 aliphatic heterocycles. The van der Waals surface area contributed by atoms with Gasteiger partial charge in [-0.1, -0.05) is 6.07 Å². The number of hydrogen-bond donors (Lipinski definition) is 1. The van der Waals surface area contributed by atoms with E-state index < -0.39 is 0 Å². The van der Waals surface area contributed by atoms with Crippen molar-refractivity contribution in [3.05, 3.63) is 29.6 Å². The molecule has 1 atom stereocenters. The van der Waals surface area contributed by atoms with Gasteiger partial charge in [0.2, 0.25) is 0 Å². The van der Waals surface area contributed by atoms with E-state index in [4.69, 9.17) is 10.00 Å². The van der Waals surface area contributed by atoms with Crippen LogP contribution in [-0.2, 0) is 0 Å². The molecule has 0 aromatic heterocycles.